The lowest BCUT2D eigenvalue weighted by molar-refractivity contribution is -0.141. The zero-order valence-corrected chi connectivity index (χ0v) is 4.81. The zero-order valence-electron chi connectivity index (χ0n) is 4.81. The van der Waals surface area contributed by atoms with Crippen LogP contribution < -0.4 is 0 Å². The molecule has 0 unspecified atom stereocenters. The van der Waals surface area contributed by atoms with Gasteiger partial charge in [0.15, 0.2) is 0 Å². The summed E-state index contributed by atoms with van der Waals surface area (Å²) in [5, 5.41) is 0. The molecule has 0 atom stereocenters. The highest BCUT2D eigenvalue weighted by Crippen LogP contribution is 2.50. The van der Waals surface area contributed by atoms with E-state index in [1.165, 1.54) is 0 Å². The Morgan fingerprint density at radius 1 is 1.75 bits per heavy atom. The van der Waals surface area contributed by atoms with Gasteiger partial charge in [-0.2, -0.15) is 0 Å². The van der Waals surface area contributed by atoms with Crippen LogP contribution in [0.1, 0.15) is 19.8 Å². The van der Waals surface area contributed by atoms with Crippen molar-refractivity contribution < 1.29 is 9.53 Å². The molecule has 0 amide bonds. The Bertz CT molecular complexity index is 145. The van der Waals surface area contributed by atoms with Gasteiger partial charge in [0.1, 0.15) is 6.10 Å². The van der Waals surface area contributed by atoms with Crippen LogP contribution >= 0.6 is 0 Å². The first-order valence-electron chi connectivity index (χ1n) is 2.92. The molecule has 3 aliphatic rings. The maximum atomic E-state index is 10.7. The van der Waals surface area contributed by atoms with Gasteiger partial charge in [0.05, 0.1) is 5.41 Å². The molecule has 44 valence electrons. The highest BCUT2D eigenvalue weighted by atomic mass is 16.6. The molecule has 2 nitrogen and oxygen atoms in total. The van der Waals surface area contributed by atoms with Crippen LogP contribution in [0.4, 0.5) is 0 Å². The molecule has 0 spiro atoms. The second kappa shape index (κ2) is 0.925. The minimum Gasteiger partial charge on any atom is -0.462 e. The molecule has 0 radical (unpaired) electrons. The second-order valence-corrected chi connectivity index (χ2v) is 3.00. The predicted octanol–water partition coefficient (Wildman–Crippen LogP) is 0.712. The smallest absolute Gasteiger partial charge is 0.312 e. The number of carbonyl (C=O) groups is 1. The Balaban J connectivity index is 2.33. The monoisotopic (exact) mass is 112 g/mol. The highest BCUT2D eigenvalue weighted by molar-refractivity contribution is 5.81. The number of esters is 1. The normalized spacial score (nSPS) is 50.6. The molecule has 0 aromatic rings. The van der Waals surface area contributed by atoms with Crippen LogP contribution in [-0.2, 0) is 9.53 Å². The maximum absolute atomic E-state index is 10.7. The van der Waals surface area contributed by atoms with Gasteiger partial charge in [-0.15, -0.1) is 0 Å². The average molecular weight is 112 g/mol. The van der Waals surface area contributed by atoms with Gasteiger partial charge < -0.3 is 4.74 Å². The molecule has 2 heteroatoms. The maximum Gasteiger partial charge on any atom is 0.312 e. The van der Waals surface area contributed by atoms with Crippen LogP contribution in [0.15, 0.2) is 0 Å². The number of rotatable bonds is 0. The van der Waals surface area contributed by atoms with E-state index in [0.29, 0.717) is 0 Å². The van der Waals surface area contributed by atoms with Crippen LogP contribution in [0.5, 0.6) is 0 Å². The van der Waals surface area contributed by atoms with Gasteiger partial charge in [-0.25, -0.2) is 0 Å². The predicted molar refractivity (Wildman–Crippen MR) is 27.2 cm³/mol. The van der Waals surface area contributed by atoms with Crippen LogP contribution in [0.25, 0.3) is 0 Å². The van der Waals surface area contributed by atoms with E-state index in [4.69, 9.17) is 4.74 Å². The lowest BCUT2D eigenvalue weighted by atomic mass is 9.72. The van der Waals surface area contributed by atoms with Crippen molar-refractivity contribution in [3.05, 3.63) is 0 Å². The van der Waals surface area contributed by atoms with Gasteiger partial charge in [-0.05, 0) is 6.92 Å². The van der Waals surface area contributed by atoms with E-state index in [1.807, 2.05) is 6.92 Å². The van der Waals surface area contributed by atoms with E-state index < -0.39 is 0 Å². The van der Waals surface area contributed by atoms with E-state index >= 15 is 0 Å². The Morgan fingerprint density at radius 2 is 2.38 bits per heavy atom. The van der Waals surface area contributed by atoms with Gasteiger partial charge in [0, 0.05) is 12.8 Å². The summed E-state index contributed by atoms with van der Waals surface area (Å²) in [7, 11) is 0. The third kappa shape index (κ3) is 0.288. The molecule has 2 saturated heterocycles. The molecule has 1 saturated carbocycles. The van der Waals surface area contributed by atoms with Gasteiger partial charge >= 0.3 is 5.97 Å². The number of carbonyl (C=O) groups excluding carboxylic acids is 1. The standard InChI is InChI=1S/C6H8O2/c1-6-2-4(3-6)8-5(6)7/h4H,2-3H2,1H3. The van der Waals surface area contributed by atoms with Crippen LogP contribution in [0, 0.1) is 5.41 Å². The van der Waals surface area contributed by atoms with Crippen molar-refractivity contribution in [2.24, 2.45) is 5.41 Å². The van der Waals surface area contributed by atoms with E-state index in [2.05, 4.69) is 0 Å². The van der Waals surface area contributed by atoms with Crippen LogP contribution in [0.3, 0.4) is 0 Å². The number of hydrogen-bond acceptors (Lipinski definition) is 2. The Hall–Kier alpha value is -0.530. The van der Waals surface area contributed by atoms with Crippen molar-refractivity contribution in [3.63, 3.8) is 0 Å². The molecule has 8 heavy (non-hydrogen) atoms. The number of hydrogen-bond donors (Lipinski definition) is 0. The largest absolute Gasteiger partial charge is 0.462 e. The van der Waals surface area contributed by atoms with E-state index in [9.17, 15) is 4.79 Å². The molecule has 2 aliphatic heterocycles. The molecular weight excluding hydrogens is 104 g/mol. The van der Waals surface area contributed by atoms with Crippen molar-refractivity contribution in [2.45, 2.75) is 25.9 Å². The molecule has 0 N–H and O–H groups in total. The minimum atomic E-state index is -0.0648. The van der Waals surface area contributed by atoms with Crippen molar-refractivity contribution >= 4 is 5.97 Å². The molecule has 1 aliphatic carbocycles. The molecule has 0 aromatic heterocycles. The highest BCUT2D eigenvalue weighted by Gasteiger charge is 2.56. The average Bonchev–Trinajstić information content (AvgIpc) is 1.90. The summed E-state index contributed by atoms with van der Waals surface area (Å²) in [6, 6.07) is 0. The summed E-state index contributed by atoms with van der Waals surface area (Å²) in [6.45, 7) is 1.97. The Labute approximate surface area is 47.8 Å². The van der Waals surface area contributed by atoms with Gasteiger partial charge in [0.2, 0.25) is 0 Å². The van der Waals surface area contributed by atoms with E-state index in [0.717, 1.165) is 12.8 Å². The van der Waals surface area contributed by atoms with E-state index in [1.54, 1.807) is 0 Å². The Kier molecular flexibility index (Phi) is 0.504. The van der Waals surface area contributed by atoms with Crippen molar-refractivity contribution in [1.82, 2.24) is 0 Å². The summed E-state index contributed by atoms with van der Waals surface area (Å²) >= 11 is 0. The molecule has 0 aromatic carbocycles. The van der Waals surface area contributed by atoms with Crippen molar-refractivity contribution in [2.75, 3.05) is 0 Å². The molecule has 2 heterocycles. The number of ether oxygens (including phenoxy) is 1. The first-order chi connectivity index (χ1) is 3.71. The Morgan fingerprint density at radius 3 is 2.50 bits per heavy atom. The second-order valence-electron chi connectivity index (χ2n) is 3.00. The quantitative estimate of drug-likeness (QED) is 0.431. The SMILES string of the molecule is CC12CC(C1)OC2=O. The fourth-order valence-corrected chi connectivity index (χ4v) is 1.49. The van der Waals surface area contributed by atoms with E-state index in [-0.39, 0.29) is 17.5 Å². The van der Waals surface area contributed by atoms with Gasteiger partial charge in [-0.1, -0.05) is 0 Å². The fourth-order valence-electron chi connectivity index (χ4n) is 1.49. The summed E-state index contributed by atoms with van der Waals surface area (Å²) < 4.78 is 4.90. The van der Waals surface area contributed by atoms with Crippen molar-refractivity contribution in [1.29, 1.82) is 0 Å². The lowest BCUT2D eigenvalue weighted by Gasteiger charge is -2.26. The number of fused-ring (bicyclic) bond motifs is 1. The third-order valence-electron chi connectivity index (χ3n) is 2.12. The molecule has 3 fully saturated rings. The lowest BCUT2D eigenvalue weighted by Crippen LogP contribution is -2.30. The summed E-state index contributed by atoms with van der Waals surface area (Å²) in [5.74, 6) is 0.0162. The minimum absolute atomic E-state index is 0.0162. The van der Waals surface area contributed by atoms with Gasteiger partial charge in [-0.3, -0.25) is 4.79 Å². The van der Waals surface area contributed by atoms with Crippen molar-refractivity contribution in [3.8, 4) is 0 Å². The molecule has 3 rings (SSSR count). The summed E-state index contributed by atoms with van der Waals surface area (Å²) in [4.78, 5) is 10.7. The molecule has 2 bridgehead atoms. The zero-order chi connectivity index (χ0) is 5.78. The summed E-state index contributed by atoms with van der Waals surface area (Å²) in [6.07, 6.45) is 2.21. The van der Waals surface area contributed by atoms with Crippen LogP contribution in [-0.4, -0.2) is 12.1 Å². The van der Waals surface area contributed by atoms with Gasteiger partial charge in [0.25, 0.3) is 0 Å². The third-order valence-corrected chi connectivity index (χ3v) is 2.12. The first-order valence-corrected chi connectivity index (χ1v) is 2.92. The topological polar surface area (TPSA) is 26.3 Å². The van der Waals surface area contributed by atoms with Crippen LogP contribution in [0.2, 0.25) is 0 Å². The first kappa shape index (κ1) is 4.36. The molecular formula is C6H8O2. The summed E-state index contributed by atoms with van der Waals surface area (Å²) in [5.41, 5.74) is -0.0648. The fraction of sp³-hybridized carbons (Fsp3) is 0.833.